The lowest BCUT2D eigenvalue weighted by atomic mass is 10.3. The molecule has 1 rings (SSSR count). The molecule has 5 nitrogen and oxygen atoms in total. The van der Waals surface area contributed by atoms with Crippen molar-refractivity contribution in [3.63, 3.8) is 0 Å². The predicted molar refractivity (Wildman–Crippen MR) is 51.5 cm³/mol. The second kappa shape index (κ2) is 6.15. The van der Waals surface area contributed by atoms with E-state index in [9.17, 15) is 4.79 Å². The zero-order valence-electron chi connectivity index (χ0n) is 8.25. The average molecular weight is 197 g/mol. The van der Waals surface area contributed by atoms with Crippen molar-refractivity contribution in [1.29, 1.82) is 0 Å². The van der Waals surface area contributed by atoms with Gasteiger partial charge < -0.3 is 15.2 Å². The summed E-state index contributed by atoms with van der Waals surface area (Å²) in [4.78, 5) is 11.2. The molecule has 5 heteroatoms. The maximum atomic E-state index is 11.2. The molecule has 0 aliphatic heterocycles. The van der Waals surface area contributed by atoms with E-state index in [1.165, 1.54) is 6.26 Å². The predicted octanol–water partition coefficient (Wildman–Crippen LogP) is 0.290. The highest BCUT2D eigenvalue weighted by Gasteiger charge is 2.01. The number of nitrogens with one attached hydrogen (secondary N) is 2. The van der Waals surface area contributed by atoms with Gasteiger partial charge in [0.25, 0.3) is 0 Å². The lowest BCUT2D eigenvalue weighted by Crippen LogP contribution is -2.23. The van der Waals surface area contributed by atoms with E-state index in [0.29, 0.717) is 13.0 Å². The van der Waals surface area contributed by atoms with Gasteiger partial charge in [-0.2, -0.15) is 0 Å². The number of aromatic nitrogens is 1. The van der Waals surface area contributed by atoms with Gasteiger partial charge >= 0.3 is 0 Å². The van der Waals surface area contributed by atoms with Crippen molar-refractivity contribution < 1.29 is 9.32 Å². The Kier molecular flexibility index (Phi) is 4.71. The van der Waals surface area contributed by atoms with Gasteiger partial charge in [-0.1, -0.05) is 5.16 Å². The van der Waals surface area contributed by atoms with Crippen molar-refractivity contribution in [2.75, 3.05) is 13.6 Å². The van der Waals surface area contributed by atoms with Crippen LogP contribution in [0, 0.1) is 0 Å². The van der Waals surface area contributed by atoms with E-state index < -0.39 is 0 Å². The molecule has 0 bridgehead atoms. The third kappa shape index (κ3) is 4.04. The molecule has 1 aromatic rings. The SMILES string of the molecule is CNCCCC(=O)NCc1ccon1. The molecule has 0 saturated carbocycles. The van der Waals surface area contributed by atoms with E-state index >= 15 is 0 Å². The number of nitrogens with zero attached hydrogens (tertiary/aromatic N) is 1. The van der Waals surface area contributed by atoms with Crippen LogP contribution in [0.2, 0.25) is 0 Å². The van der Waals surface area contributed by atoms with Crippen LogP contribution in [0.5, 0.6) is 0 Å². The van der Waals surface area contributed by atoms with Crippen LogP contribution in [0.15, 0.2) is 16.9 Å². The number of hydrogen-bond donors (Lipinski definition) is 2. The molecule has 0 aliphatic carbocycles. The van der Waals surface area contributed by atoms with Crippen molar-refractivity contribution in [2.24, 2.45) is 0 Å². The summed E-state index contributed by atoms with van der Waals surface area (Å²) in [6.07, 6.45) is 2.88. The van der Waals surface area contributed by atoms with Gasteiger partial charge in [-0.25, -0.2) is 0 Å². The van der Waals surface area contributed by atoms with E-state index in [0.717, 1.165) is 18.7 Å². The molecular weight excluding hydrogens is 182 g/mol. The van der Waals surface area contributed by atoms with Crippen LogP contribution in [-0.4, -0.2) is 24.7 Å². The fourth-order valence-electron chi connectivity index (χ4n) is 1.03. The molecule has 78 valence electrons. The first kappa shape index (κ1) is 10.7. The van der Waals surface area contributed by atoms with Gasteiger partial charge in [0.15, 0.2) is 0 Å². The molecule has 0 aliphatic rings. The minimum Gasteiger partial charge on any atom is -0.364 e. The Morgan fingerprint density at radius 2 is 2.50 bits per heavy atom. The van der Waals surface area contributed by atoms with Gasteiger partial charge in [-0.3, -0.25) is 4.79 Å². The van der Waals surface area contributed by atoms with Crippen LogP contribution < -0.4 is 10.6 Å². The largest absolute Gasteiger partial charge is 0.364 e. The summed E-state index contributed by atoms with van der Waals surface area (Å²) in [5.74, 6) is 0.0447. The first-order chi connectivity index (χ1) is 6.83. The standard InChI is InChI=1S/C9H15N3O2/c1-10-5-2-3-9(13)11-7-8-4-6-14-12-8/h4,6,10H,2-3,5,7H2,1H3,(H,11,13). The number of carbonyl (C=O) groups excluding carboxylic acids is 1. The van der Waals surface area contributed by atoms with E-state index in [1.807, 2.05) is 7.05 Å². The Balaban J connectivity index is 2.09. The fraction of sp³-hybridized carbons (Fsp3) is 0.556. The normalized spacial score (nSPS) is 10.1. The van der Waals surface area contributed by atoms with Crippen LogP contribution in [0.3, 0.4) is 0 Å². The average Bonchev–Trinajstić information content (AvgIpc) is 2.68. The smallest absolute Gasteiger partial charge is 0.220 e. The Hall–Kier alpha value is -1.36. The van der Waals surface area contributed by atoms with E-state index in [4.69, 9.17) is 0 Å². The van der Waals surface area contributed by atoms with Crippen LogP contribution in [0.1, 0.15) is 18.5 Å². The zero-order chi connectivity index (χ0) is 10.2. The number of hydrogen-bond acceptors (Lipinski definition) is 4. The third-order valence-electron chi connectivity index (χ3n) is 1.79. The van der Waals surface area contributed by atoms with E-state index in [2.05, 4.69) is 20.3 Å². The van der Waals surface area contributed by atoms with Gasteiger partial charge in [0, 0.05) is 12.5 Å². The number of rotatable bonds is 6. The number of amides is 1. The van der Waals surface area contributed by atoms with E-state index in [-0.39, 0.29) is 5.91 Å². The lowest BCUT2D eigenvalue weighted by Gasteiger charge is -2.02. The minimum absolute atomic E-state index is 0.0447. The van der Waals surface area contributed by atoms with Gasteiger partial charge in [0.2, 0.25) is 5.91 Å². The second-order valence-corrected chi connectivity index (χ2v) is 2.97. The summed E-state index contributed by atoms with van der Waals surface area (Å²) < 4.78 is 4.63. The Morgan fingerprint density at radius 3 is 3.14 bits per heavy atom. The molecule has 0 atom stereocenters. The summed E-state index contributed by atoms with van der Waals surface area (Å²) in [6, 6.07) is 1.73. The highest BCUT2D eigenvalue weighted by atomic mass is 16.5. The van der Waals surface area contributed by atoms with Gasteiger partial charge in [0.1, 0.15) is 12.0 Å². The summed E-state index contributed by atoms with van der Waals surface area (Å²) in [5, 5.41) is 9.42. The summed E-state index contributed by atoms with van der Waals surface area (Å²) in [6.45, 7) is 1.30. The topological polar surface area (TPSA) is 67.2 Å². The molecule has 0 aromatic carbocycles. The van der Waals surface area contributed by atoms with Crippen LogP contribution in [0.4, 0.5) is 0 Å². The first-order valence-corrected chi connectivity index (χ1v) is 4.63. The highest BCUT2D eigenvalue weighted by Crippen LogP contribution is 1.94. The molecule has 1 aromatic heterocycles. The van der Waals surface area contributed by atoms with Crippen molar-refractivity contribution in [3.8, 4) is 0 Å². The maximum Gasteiger partial charge on any atom is 0.220 e. The Labute approximate surface area is 82.8 Å². The van der Waals surface area contributed by atoms with Gasteiger partial charge in [-0.05, 0) is 20.0 Å². The highest BCUT2D eigenvalue weighted by molar-refractivity contribution is 5.75. The van der Waals surface area contributed by atoms with Crippen LogP contribution >= 0.6 is 0 Å². The molecule has 0 saturated heterocycles. The minimum atomic E-state index is 0.0447. The summed E-state index contributed by atoms with van der Waals surface area (Å²) >= 11 is 0. The van der Waals surface area contributed by atoms with Crippen LogP contribution in [-0.2, 0) is 11.3 Å². The number of carbonyl (C=O) groups is 1. The Morgan fingerprint density at radius 1 is 1.64 bits per heavy atom. The molecular formula is C9H15N3O2. The van der Waals surface area contributed by atoms with Crippen molar-refractivity contribution >= 4 is 5.91 Å². The van der Waals surface area contributed by atoms with Crippen molar-refractivity contribution in [3.05, 3.63) is 18.0 Å². The molecule has 1 heterocycles. The molecule has 2 N–H and O–H groups in total. The monoisotopic (exact) mass is 197 g/mol. The fourth-order valence-corrected chi connectivity index (χ4v) is 1.03. The van der Waals surface area contributed by atoms with Crippen LogP contribution in [0.25, 0.3) is 0 Å². The molecule has 14 heavy (non-hydrogen) atoms. The van der Waals surface area contributed by atoms with E-state index in [1.54, 1.807) is 6.07 Å². The molecule has 0 spiro atoms. The van der Waals surface area contributed by atoms with Gasteiger partial charge in [0.05, 0.1) is 6.54 Å². The third-order valence-corrected chi connectivity index (χ3v) is 1.79. The second-order valence-electron chi connectivity index (χ2n) is 2.97. The van der Waals surface area contributed by atoms with Gasteiger partial charge in [-0.15, -0.1) is 0 Å². The first-order valence-electron chi connectivity index (χ1n) is 4.63. The summed E-state index contributed by atoms with van der Waals surface area (Å²) in [7, 11) is 1.87. The zero-order valence-corrected chi connectivity index (χ0v) is 8.25. The lowest BCUT2D eigenvalue weighted by molar-refractivity contribution is -0.121. The molecule has 0 radical (unpaired) electrons. The molecule has 0 unspecified atom stereocenters. The van der Waals surface area contributed by atoms with Crippen molar-refractivity contribution in [2.45, 2.75) is 19.4 Å². The maximum absolute atomic E-state index is 11.2. The van der Waals surface area contributed by atoms with Crippen molar-refractivity contribution in [1.82, 2.24) is 15.8 Å². The quantitative estimate of drug-likeness (QED) is 0.643. The molecule has 0 fully saturated rings. The summed E-state index contributed by atoms with van der Waals surface area (Å²) in [5.41, 5.74) is 0.743. The Bertz CT molecular complexity index is 259. The molecule has 1 amide bonds.